The van der Waals surface area contributed by atoms with E-state index in [0.29, 0.717) is 29.4 Å². The summed E-state index contributed by atoms with van der Waals surface area (Å²) in [4.78, 5) is 17.2. The standard InChI is InChI=1S/C22H25N3O5S/c1-22(2,15-8-9-18-19(10-15)30-14-29-18)13-23-21(26)11-25-17-7-5-4-6-16(17)24-20(25)12-31(3,27)28/h4-10H,11-14H2,1-3H3,(H,23,26). The molecule has 164 valence electrons. The van der Waals surface area contributed by atoms with Crippen molar-refractivity contribution in [3.8, 4) is 11.5 Å². The molecular formula is C22H25N3O5S. The molecule has 1 aromatic heterocycles. The molecule has 4 rings (SSSR count). The Kier molecular flexibility index (Phi) is 5.38. The topological polar surface area (TPSA) is 99.5 Å². The summed E-state index contributed by atoms with van der Waals surface area (Å²) in [5, 5.41) is 2.97. The predicted molar refractivity (Wildman–Crippen MR) is 117 cm³/mol. The fraction of sp³-hybridized carbons (Fsp3) is 0.364. The number of carbonyl (C=O) groups is 1. The number of benzene rings is 2. The Morgan fingerprint density at radius 3 is 2.68 bits per heavy atom. The zero-order valence-corrected chi connectivity index (χ0v) is 18.5. The zero-order valence-electron chi connectivity index (χ0n) is 17.7. The summed E-state index contributed by atoms with van der Waals surface area (Å²) >= 11 is 0. The van der Waals surface area contributed by atoms with Crippen LogP contribution in [0.5, 0.6) is 11.5 Å². The highest BCUT2D eigenvalue weighted by Gasteiger charge is 2.25. The number of nitrogens with zero attached hydrogens (tertiary/aromatic N) is 2. The van der Waals surface area contributed by atoms with Gasteiger partial charge < -0.3 is 19.4 Å². The highest BCUT2D eigenvalue weighted by Crippen LogP contribution is 2.36. The van der Waals surface area contributed by atoms with E-state index < -0.39 is 9.84 Å². The summed E-state index contributed by atoms with van der Waals surface area (Å²) < 4.78 is 36.2. The molecule has 1 N–H and O–H groups in total. The van der Waals surface area contributed by atoms with E-state index in [1.165, 1.54) is 0 Å². The summed E-state index contributed by atoms with van der Waals surface area (Å²) in [5.41, 5.74) is 2.06. The van der Waals surface area contributed by atoms with Crippen LogP contribution in [-0.2, 0) is 32.3 Å². The SMILES string of the molecule is CC(C)(CNC(=O)Cn1c(CS(C)(=O)=O)nc2ccccc21)c1ccc2c(c1)OCO2. The molecule has 8 nitrogen and oxygen atoms in total. The molecule has 0 spiro atoms. The van der Waals surface area contributed by atoms with Crippen molar-refractivity contribution < 1.29 is 22.7 Å². The van der Waals surface area contributed by atoms with E-state index in [2.05, 4.69) is 10.3 Å². The second kappa shape index (κ2) is 7.88. The lowest BCUT2D eigenvalue weighted by Gasteiger charge is -2.26. The first-order chi connectivity index (χ1) is 14.6. The van der Waals surface area contributed by atoms with Crippen LogP contribution >= 0.6 is 0 Å². The molecule has 0 unspecified atom stereocenters. The molecule has 0 radical (unpaired) electrons. The monoisotopic (exact) mass is 443 g/mol. The fourth-order valence-electron chi connectivity index (χ4n) is 3.59. The molecule has 3 aromatic rings. The Morgan fingerprint density at radius 1 is 1.16 bits per heavy atom. The second-order valence-electron chi connectivity index (χ2n) is 8.40. The number of aromatic nitrogens is 2. The van der Waals surface area contributed by atoms with Crippen molar-refractivity contribution in [2.75, 3.05) is 19.6 Å². The van der Waals surface area contributed by atoms with E-state index in [1.54, 1.807) is 10.6 Å². The third-order valence-corrected chi connectivity index (χ3v) is 6.09. The lowest BCUT2D eigenvalue weighted by atomic mass is 9.84. The number of fused-ring (bicyclic) bond motifs is 2. The average molecular weight is 444 g/mol. The molecule has 2 heterocycles. The van der Waals surface area contributed by atoms with Gasteiger partial charge in [-0.05, 0) is 29.8 Å². The number of amides is 1. The number of hydrogen-bond acceptors (Lipinski definition) is 6. The summed E-state index contributed by atoms with van der Waals surface area (Å²) in [5.74, 6) is 1.33. The maximum absolute atomic E-state index is 12.8. The number of carbonyl (C=O) groups excluding carboxylic acids is 1. The molecule has 31 heavy (non-hydrogen) atoms. The third-order valence-electron chi connectivity index (χ3n) is 5.31. The van der Waals surface area contributed by atoms with Gasteiger partial charge in [-0.1, -0.05) is 32.0 Å². The third kappa shape index (κ3) is 4.66. The van der Waals surface area contributed by atoms with Crippen LogP contribution in [0.2, 0.25) is 0 Å². The maximum Gasteiger partial charge on any atom is 0.240 e. The quantitative estimate of drug-likeness (QED) is 0.602. The summed E-state index contributed by atoms with van der Waals surface area (Å²) in [7, 11) is -3.30. The van der Waals surface area contributed by atoms with Gasteiger partial charge in [0.25, 0.3) is 0 Å². The lowest BCUT2D eigenvalue weighted by molar-refractivity contribution is -0.121. The summed E-state index contributed by atoms with van der Waals surface area (Å²) in [6, 6.07) is 13.1. The van der Waals surface area contributed by atoms with Crippen molar-refractivity contribution in [3.05, 3.63) is 53.9 Å². The molecule has 9 heteroatoms. The van der Waals surface area contributed by atoms with Crippen molar-refractivity contribution in [3.63, 3.8) is 0 Å². The highest BCUT2D eigenvalue weighted by molar-refractivity contribution is 7.89. The Labute approximate surface area is 181 Å². The molecule has 0 fully saturated rings. The van der Waals surface area contributed by atoms with Crippen LogP contribution in [-0.4, -0.2) is 43.5 Å². The van der Waals surface area contributed by atoms with Gasteiger partial charge in [-0.25, -0.2) is 13.4 Å². The number of hydrogen-bond donors (Lipinski definition) is 1. The smallest absolute Gasteiger partial charge is 0.240 e. The van der Waals surface area contributed by atoms with Crippen LogP contribution in [0.4, 0.5) is 0 Å². The molecule has 0 aliphatic carbocycles. The minimum absolute atomic E-state index is 0.0113. The Hall–Kier alpha value is -3.07. The number of imidazole rings is 1. The van der Waals surface area contributed by atoms with Gasteiger partial charge in [0.05, 0.1) is 11.0 Å². The van der Waals surface area contributed by atoms with Gasteiger partial charge in [-0.15, -0.1) is 0 Å². The first kappa shape index (κ1) is 21.2. The number of para-hydroxylation sites is 2. The number of rotatable bonds is 7. The van der Waals surface area contributed by atoms with E-state index in [0.717, 1.165) is 17.3 Å². The molecule has 1 aliphatic heterocycles. The van der Waals surface area contributed by atoms with E-state index in [1.807, 2.05) is 50.2 Å². The minimum atomic E-state index is -3.30. The van der Waals surface area contributed by atoms with Crippen molar-refractivity contribution in [1.29, 1.82) is 0 Å². The molecule has 2 aromatic carbocycles. The van der Waals surface area contributed by atoms with Crippen LogP contribution < -0.4 is 14.8 Å². The van der Waals surface area contributed by atoms with Crippen molar-refractivity contribution in [1.82, 2.24) is 14.9 Å². The van der Waals surface area contributed by atoms with Crippen molar-refractivity contribution in [2.24, 2.45) is 0 Å². The van der Waals surface area contributed by atoms with Gasteiger partial charge in [-0.2, -0.15) is 0 Å². The van der Waals surface area contributed by atoms with Crippen LogP contribution in [0.25, 0.3) is 11.0 Å². The molecule has 0 bridgehead atoms. The maximum atomic E-state index is 12.8. The Morgan fingerprint density at radius 2 is 1.90 bits per heavy atom. The fourth-order valence-corrected chi connectivity index (χ4v) is 4.27. The summed E-state index contributed by atoms with van der Waals surface area (Å²) in [6.45, 7) is 4.67. The molecule has 0 saturated heterocycles. The average Bonchev–Trinajstić information content (AvgIpc) is 3.29. The van der Waals surface area contributed by atoms with Crippen molar-refractivity contribution in [2.45, 2.75) is 31.6 Å². The van der Waals surface area contributed by atoms with E-state index in [9.17, 15) is 13.2 Å². The molecule has 1 amide bonds. The first-order valence-electron chi connectivity index (χ1n) is 9.91. The number of ether oxygens (including phenoxy) is 2. The zero-order chi connectivity index (χ0) is 22.2. The number of nitrogens with one attached hydrogen (secondary N) is 1. The molecular weight excluding hydrogens is 418 g/mol. The van der Waals surface area contributed by atoms with Gasteiger partial charge >= 0.3 is 0 Å². The molecule has 0 saturated carbocycles. The number of sulfone groups is 1. The molecule has 0 atom stereocenters. The minimum Gasteiger partial charge on any atom is -0.454 e. The highest BCUT2D eigenvalue weighted by atomic mass is 32.2. The van der Waals surface area contributed by atoms with Crippen LogP contribution in [0.1, 0.15) is 25.2 Å². The summed E-state index contributed by atoms with van der Waals surface area (Å²) in [6.07, 6.45) is 1.16. The second-order valence-corrected chi connectivity index (χ2v) is 10.5. The van der Waals surface area contributed by atoms with Gasteiger partial charge in [0.1, 0.15) is 18.1 Å². The van der Waals surface area contributed by atoms with E-state index >= 15 is 0 Å². The van der Waals surface area contributed by atoms with E-state index in [4.69, 9.17) is 9.47 Å². The van der Waals surface area contributed by atoms with Gasteiger partial charge in [0, 0.05) is 18.2 Å². The Balaban J connectivity index is 1.50. The largest absolute Gasteiger partial charge is 0.454 e. The molecule has 1 aliphatic rings. The predicted octanol–water partition coefficient (Wildman–Crippen LogP) is 2.40. The van der Waals surface area contributed by atoms with Gasteiger partial charge in [-0.3, -0.25) is 4.79 Å². The normalized spacial score (nSPS) is 13.5. The van der Waals surface area contributed by atoms with Gasteiger partial charge in [0.15, 0.2) is 21.3 Å². The lowest BCUT2D eigenvalue weighted by Crippen LogP contribution is -2.38. The van der Waals surface area contributed by atoms with Crippen LogP contribution in [0, 0.1) is 0 Å². The van der Waals surface area contributed by atoms with Crippen LogP contribution in [0.3, 0.4) is 0 Å². The first-order valence-corrected chi connectivity index (χ1v) is 12.0. The van der Waals surface area contributed by atoms with Crippen molar-refractivity contribution >= 4 is 26.8 Å². The van der Waals surface area contributed by atoms with E-state index in [-0.39, 0.29) is 30.4 Å². The van der Waals surface area contributed by atoms with Crippen LogP contribution in [0.15, 0.2) is 42.5 Å². The Bertz CT molecular complexity index is 1250. The van der Waals surface area contributed by atoms with Gasteiger partial charge in [0.2, 0.25) is 12.7 Å².